The van der Waals surface area contributed by atoms with Gasteiger partial charge in [0.25, 0.3) is 0 Å². The molecule has 1 N–H and O–H groups in total. The van der Waals surface area contributed by atoms with E-state index in [0.717, 1.165) is 0 Å². The average molecular weight is 1970 g/mol. The van der Waals surface area contributed by atoms with E-state index in [1.54, 1.807) is 0 Å². The SMILES string of the molecule is O[C@H](COCCCC(F)(F)C(F)(F)C(F)(F)C(F)(F)C(F)(F)C(F)(F)C(F)(F)C(F)(F)F)[C@H](COCCCC(F)(F)C(F)(F)C(F)(F)C(F)(F)C(F)(F)C(F)(F)C(F)(F)C(F)(F)F)N=Cc1cc(C(F)(F)C(F)(F)C(F)(F)C(F)(F)C(F)(F)C(F)(F)C(F)(F)C(F)(F)F)cc(C(F)(F)C(F)(F)C(F)(F)C(F)(F)C(F)(F)C(F)(F)C(F)(F)C(F)(F)F)c1. The quantitative estimate of drug-likeness (QED) is 0.0404. The van der Waals surface area contributed by atoms with Crippen LogP contribution in [0.4, 0.5) is 299 Å². The van der Waals surface area contributed by atoms with Crippen molar-refractivity contribution < 1.29 is 313 Å². The highest BCUT2D eigenvalue weighted by atomic mass is 19.5. The van der Waals surface area contributed by atoms with Crippen molar-refractivity contribution in [1.82, 2.24) is 0 Å². The van der Waals surface area contributed by atoms with Crippen LogP contribution in [0.15, 0.2) is 23.2 Å². The standard InChI is InChI=1S/C49H23F68NO3/c50-18(51,22(58,59)26(66,67)30(74,75)34(82,83)38(90,91)42(98,99)46(106,107)108)3-1-5-120-11-16(17(119)12-121-6-2-4-19(52,53)23(60,61)27(68,69)31(76,77)35(84,85)39(92,93)43(100,101)47(109,110)111)118-10-13-7-14(20(54,55)24(62,63)28(70,71)32(78,79)36(86,87)40(94,95)44(102,103)48(112,113)114)9-15(8-13)21(56,57)25(64,65)29(72,73)33(80,81)37(88,89)41(96,97)45(104,105)49(115,116)117/h7-10,16-17,119H,1-6,11-12H2/t16-,17+/m0/s1. The van der Waals surface area contributed by atoms with Gasteiger partial charge in [-0.3, -0.25) is 4.99 Å². The van der Waals surface area contributed by atoms with E-state index in [4.69, 9.17) is 0 Å². The second-order valence-corrected chi connectivity index (χ2v) is 23.9. The van der Waals surface area contributed by atoms with Gasteiger partial charge in [-0.1, -0.05) is 0 Å². The number of ether oxygens (including phenoxy) is 2. The molecule has 0 aliphatic rings. The van der Waals surface area contributed by atoms with Gasteiger partial charge in [-0.05, 0) is 36.6 Å². The van der Waals surface area contributed by atoms with E-state index in [2.05, 4.69) is 14.5 Å². The predicted octanol–water partition coefficient (Wildman–Crippen LogP) is 24.4. The molecular weight excluding hydrogens is 1940 g/mol. The number of hydrogen-bond acceptors (Lipinski definition) is 4. The number of alkyl halides is 68. The lowest BCUT2D eigenvalue weighted by atomic mass is 9.84. The normalized spacial score (nSPS) is 17.2. The molecule has 4 nitrogen and oxygen atoms in total. The Kier molecular flexibility index (Phi) is 29.1. The molecule has 1 aromatic rings. The maximum absolute atomic E-state index is 15.8. The van der Waals surface area contributed by atoms with Crippen molar-refractivity contribution in [2.24, 2.45) is 4.99 Å². The first-order chi connectivity index (χ1) is 51.8. The van der Waals surface area contributed by atoms with Crippen molar-refractivity contribution in [3.8, 4) is 0 Å². The highest BCUT2D eigenvalue weighted by Crippen LogP contribution is 2.71. The number of nitrogens with zero attached hydrogens (tertiary/aromatic N) is 1. The van der Waals surface area contributed by atoms with Gasteiger partial charge < -0.3 is 14.6 Å². The molecule has 0 saturated carbocycles. The van der Waals surface area contributed by atoms with Crippen molar-refractivity contribution in [2.75, 3.05) is 26.4 Å². The molecule has 718 valence electrons. The van der Waals surface area contributed by atoms with Gasteiger partial charge in [0.05, 0.1) is 13.2 Å². The fourth-order valence-corrected chi connectivity index (χ4v) is 8.23. The van der Waals surface area contributed by atoms with Gasteiger partial charge >= 0.3 is 191 Å². The lowest BCUT2D eigenvalue weighted by molar-refractivity contribution is -0.463. The molecule has 72 heteroatoms. The van der Waals surface area contributed by atoms with E-state index in [1.165, 1.54) is 0 Å². The largest absolute Gasteiger partial charge is 0.460 e. The molecule has 0 spiro atoms. The minimum Gasteiger partial charge on any atom is -0.388 e. The van der Waals surface area contributed by atoms with Crippen LogP contribution in [0.2, 0.25) is 0 Å². The van der Waals surface area contributed by atoms with E-state index in [1.807, 2.05) is 0 Å². The molecule has 0 aromatic heterocycles. The number of aliphatic hydroxyl groups excluding tert-OH is 1. The second-order valence-electron chi connectivity index (χ2n) is 23.9. The van der Waals surface area contributed by atoms with Crippen LogP contribution >= 0.6 is 0 Å². The van der Waals surface area contributed by atoms with Crippen molar-refractivity contribution >= 4 is 6.21 Å². The van der Waals surface area contributed by atoms with Crippen LogP contribution < -0.4 is 0 Å². The fourth-order valence-electron chi connectivity index (χ4n) is 8.23. The summed E-state index contributed by atoms with van der Waals surface area (Å²) in [5.41, 5.74) is -13.0. The average Bonchev–Trinajstić information content (AvgIpc) is 0.705. The van der Waals surface area contributed by atoms with Crippen molar-refractivity contribution in [1.29, 1.82) is 0 Å². The minimum absolute atomic E-state index is 1.63. The number of aliphatic imine (C=N–C) groups is 1. The Balaban J connectivity index is 4.76. The summed E-state index contributed by atoms with van der Waals surface area (Å²) in [6.07, 6.45) is -52.4. The van der Waals surface area contributed by atoms with Gasteiger partial charge in [-0.15, -0.1) is 0 Å². The lowest BCUT2D eigenvalue weighted by Gasteiger charge is -2.43. The van der Waals surface area contributed by atoms with Crippen molar-refractivity contribution in [2.45, 2.75) is 228 Å². The summed E-state index contributed by atoms with van der Waals surface area (Å²) in [4.78, 5) is 2.27. The van der Waals surface area contributed by atoms with Crippen LogP contribution in [0.25, 0.3) is 0 Å². The maximum atomic E-state index is 15.8. The Bertz CT molecular complexity index is 3610. The Hall–Kier alpha value is -5.99. The molecule has 0 bridgehead atoms. The summed E-state index contributed by atoms with van der Waals surface area (Å²) in [6, 6.07) is -10.9. The van der Waals surface area contributed by atoms with Crippen LogP contribution in [0.5, 0.6) is 0 Å². The fraction of sp³-hybridized carbons (Fsp3) is 0.857. The van der Waals surface area contributed by atoms with E-state index >= 15 is 35.1 Å². The molecule has 0 radical (unpaired) electrons. The molecule has 1 aromatic carbocycles. The lowest BCUT2D eigenvalue weighted by Crippen LogP contribution is -2.74. The van der Waals surface area contributed by atoms with E-state index in [9.17, 15) is 269 Å². The maximum Gasteiger partial charge on any atom is 0.460 e. The summed E-state index contributed by atoms with van der Waals surface area (Å²) in [7, 11) is 0. The molecule has 1 rings (SSSR count). The zero-order chi connectivity index (χ0) is 98.5. The van der Waals surface area contributed by atoms with Gasteiger partial charge in [0, 0.05) is 43.4 Å². The van der Waals surface area contributed by atoms with Crippen LogP contribution in [-0.4, -0.2) is 229 Å². The molecule has 0 aliphatic heterocycles. The second kappa shape index (κ2) is 31.2. The Labute approximate surface area is 614 Å². The smallest absolute Gasteiger partial charge is 0.388 e. The zero-order valence-electron chi connectivity index (χ0n) is 54.0. The van der Waals surface area contributed by atoms with E-state index in [-0.39, 0.29) is 0 Å². The van der Waals surface area contributed by atoms with Crippen LogP contribution in [0, 0.1) is 0 Å². The summed E-state index contributed by atoms with van der Waals surface area (Å²) < 4.78 is 960. The highest BCUT2D eigenvalue weighted by molar-refractivity contribution is 5.81. The number of aliphatic hydroxyl groups is 1. The highest BCUT2D eigenvalue weighted by Gasteiger charge is 3.01. The van der Waals surface area contributed by atoms with Crippen molar-refractivity contribution in [3.63, 3.8) is 0 Å². The zero-order valence-corrected chi connectivity index (χ0v) is 54.0. The summed E-state index contributed by atoms with van der Waals surface area (Å²) in [6.45, 7) is -10.6. The predicted molar refractivity (Wildman–Crippen MR) is 245 cm³/mol. The minimum atomic E-state index is -9.98. The third-order valence-corrected chi connectivity index (χ3v) is 15.7. The first-order valence-corrected chi connectivity index (χ1v) is 28.2. The molecule has 0 aliphatic carbocycles. The summed E-state index contributed by atoms with van der Waals surface area (Å²) in [5, 5.41) is 10.5. The monoisotopic (exact) mass is 1970 g/mol. The third-order valence-electron chi connectivity index (χ3n) is 15.7. The molecule has 0 unspecified atom stereocenters. The van der Waals surface area contributed by atoms with Gasteiger partial charge in [0.1, 0.15) is 12.1 Å². The number of halogens is 68. The first kappa shape index (κ1) is 113. The molecule has 2 atom stereocenters. The van der Waals surface area contributed by atoms with E-state index in [0.29, 0.717) is 0 Å². The summed E-state index contributed by atoms with van der Waals surface area (Å²) >= 11 is 0. The van der Waals surface area contributed by atoms with Crippen LogP contribution in [-0.2, 0) is 21.3 Å². The molecule has 121 heavy (non-hydrogen) atoms. The number of rotatable bonds is 41. The van der Waals surface area contributed by atoms with Gasteiger partial charge in [-0.2, -0.15) is 299 Å². The molecule has 0 fully saturated rings. The Morgan fingerprint density at radius 2 is 0.405 bits per heavy atom. The van der Waals surface area contributed by atoms with Gasteiger partial charge in [-0.25, -0.2) is 0 Å². The Morgan fingerprint density at radius 3 is 0.603 bits per heavy atom. The van der Waals surface area contributed by atoms with Crippen LogP contribution in [0.3, 0.4) is 0 Å². The first-order valence-electron chi connectivity index (χ1n) is 28.2. The number of hydrogen-bond donors (Lipinski definition) is 1. The van der Waals surface area contributed by atoms with Crippen LogP contribution in [0.1, 0.15) is 42.4 Å². The van der Waals surface area contributed by atoms with Gasteiger partial charge in [0.2, 0.25) is 0 Å². The number of benzene rings is 1. The molecule has 0 amide bonds. The van der Waals surface area contributed by atoms with Gasteiger partial charge in [0.15, 0.2) is 0 Å². The van der Waals surface area contributed by atoms with E-state index < -0.39 is 296 Å². The molecule has 0 saturated heterocycles. The topological polar surface area (TPSA) is 51.0 Å². The summed E-state index contributed by atoms with van der Waals surface area (Å²) in [5.74, 6) is -258. The third kappa shape index (κ3) is 16.2. The Morgan fingerprint density at radius 1 is 0.231 bits per heavy atom. The molecule has 0 heterocycles. The molecular formula is C49H23F68NO3. The van der Waals surface area contributed by atoms with Crippen molar-refractivity contribution in [3.05, 3.63) is 34.9 Å².